The zero-order valence-electron chi connectivity index (χ0n) is 17.4. The number of benzene rings is 2. The molecule has 33 heavy (non-hydrogen) atoms. The molecule has 0 fully saturated rings. The summed E-state index contributed by atoms with van der Waals surface area (Å²) in [6.07, 6.45) is -5.04. The summed E-state index contributed by atoms with van der Waals surface area (Å²) in [6, 6.07) is 8.20. The Morgan fingerprint density at radius 3 is 2.33 bits per heavy atom. The minimum Gasteiger partial charge on any atom is -0.548 e. The Morgan fingerprint density at radius 1 is 1.06 bits per heavy atom. The summed E-state index contributed by atoms with van der Waals surface area (Å²) in [4.78, 5) is 34.7. The second kappa shape index (κ2) is 9.23. The van der Waals surface area contributed by atoms with Gasteiger partial charge in [0.15, 0.2) is 6.61 Å². The molecule has 0 saturated carbocycles. The van der Waals surface area contributed by atoms with Crippen LogP contribution in [0.3, 0.4) is 0 Å². The summed E-state index contributed by atoms with van der Waals surface area (Å²) in [6.45, 7) is 2.11. The van der Waals surface area contributed by atoms with Crippen molar-refractivity contribution in [2.45, 2.75) is 20.0 Å². The highest BCUT2D eigenvalue weighted by Gasteiger charge is 2.40. The number of carboxylic acid groups (broad SMARTS) is 1. The van der Waals surface area contributed by atoms with Crippen molar-refractivity contribution in [2.24, 2.45) is 0 Å². The van der Waals surface area contributed by atoms with Gasteiger partial charge in [0, 0.05) is 6.07 Å². The second-order valence-corrected chi connectivity index (χ2v) is 7.11. The Kier molecular flexibility index (Phi) is 6.61. The Balaban J connectivity index is 1.97. The van der Waals surface area contributed by atoms with Gasteiger partial charge in [0.05, 0.1) is 17.9 Å². The highest BCUT2D eigenvalue weighted by Crippen LogP contribution is 2.38. The van der Waals surface area contributed by atoms with Gasteiger partial charge >= 0.3 is 6.18 Å². The predicted octanol–water partition coefficient (Wildman–Crippen LogP) is 2.47. The number of alkyl halides is 3. The fourth-order valence-corrected chi connectivity index (χ4v) is 3.01. The normalized spacial score (nSPS) is 11.3. The van der Waals surface area contributed by atoms with Crippen molar-refractivity contribution < 1.29 is 41.8 Å². The summed E-state index contributed by atoms with van der Waals surface area (Å²) in [5.41, 5.74) is -0.0166. The molecule has 0 saturated heterocycles. The van der Waals surface area contributed by atoms with Gasteiger partial charge in [0.25, 0.3) is 11.7 Å². The summed E-state index contributed by atoms with van der Waals surface area (Å²) in [5, 5.41) is 12.1. The van der Waals surface area contributed by atoms with Crippen LogP contribution in [0.4, 0.5) is 13.2 Å². The molecule has 0 aliphatic rings. The van der Waals surface area contributed by atoms with Crippen molar-refractivity contribution in [3.8, 4) is 17.2 Å². The maximum atomic E-state index is 13.7. The monoisotopic (exact) mass is 464 g/mol. The smallest absolute Gasteiger partial charge is 0.453 e. The minimum absolute atomic E-state index is 0.0483. The van der Waals surface area contributed by atoms with Gasteiger partial charge in [-0.15, -0.1) is 0 Å². The first kappa shape index (κ1) is 23.6. The molecule has 0 unspecified atom stereocenters. The Morgan fingerprint density at radius 2 is 1.73 bits per heavy atom. The molecule has 3 rings (SSSR count). The molecule has 3 aromatic rings. The van der Waals surface area contributed by atoms with Gasteiger partial charge in [-0.1, -0.05) is 6.07 Å². The first-order chi connectivity index (χ1) is 15.4. The molecule has 0 radical (unpaired) electrons. The number of fused-ring (bicyclic) bond motifs is 1. The lowest BCUT2D eigenvalue weighted by Crippen LogP contribution is -2.39. The number of rotatable bonds is 7. The highest BCUT2D eigenvalue weighted by atomic mass is 19.4. The topological polar surface area (TPSA) is 118 Å². The van der Waals surface area contributed by atoms with Crippen LogP contribution in [0.2, 0.25) is 0 Å². The maximum absolute atomic E-state index is 13.7. The molecule has 0 aliphatic heterocycles. The number of carboxylic acids is 1. The Bertz CT molecular complexity index is 1260. The average Bonchev–Trinajstić information content (AvgIpc) is 2.71. The Labute approximate surface area is 184 Å². The average molecular weight is 464 g/mol. The van der Waals surface area contributed by atoms with Crippen molar-refractivity contribution in [3.63, 3.8) is 0 Å². The first-order valence-corrected chi connectivity index (χ1v) is 9.47. The number of amides is 1. The van der Waals surface area contributed by atoms with Crippen LogP contribution in [0, 0.1) is 13.8 Å². The molecule has 1 N–H and O–H groups in total. The van der Waals surface area contributed by atoms with Crippen molar-refractivity contribution in [2.75, 3.05) is 13.2 Å². The number of hydrogen-bond acceptors (Lipinski definition) is 7. The van der Waals surface area contributed by atoms with Gasteiger partial charge in [0.2, 0.25) is 11.2 Å². The predicted molar refractivity (Wildman–Crippen MR) is 107 cm³/mol. The number of hydrogen-bond donors (Lipinski definition) is 1. The van der Waals surface area contributed by atoms with Crippen molar-refractivity contribution in [1.29, 1.82) is 0 Å². The van der Waals surface area contributed by atoms with Gasteiger partial charge in [0.1, 0.15) is 17.1 Å². The van der Waals surface area contributed by atoms with E-state index in [9.17, 15) is 32.7 Å². The molecular weight excluding hydrogens is 447 g/mol. The van der Waals surface area contributed by atoms with Gasteiger partial charge in [-0.3, -0.25) is 9.59 Å². The second-order valence-electron chi connectivity index (χ2n) is 7.11. The van der Waals surface area contributed by atoms with E-state index in [4.69, 9.17) is 13.9 Å². The lowest BCUT2D eigenvalue weighted by molar-refractivity contribution is -0.304. The number of ether oxygens (including phenoxy) is 2. The van der Waals surface area contributed by atoms with Gasteiger partial charge < -0.3 is 29.1 Å². The molecule has 0 bridgehead atoms. The van der Waals surface area contributed by atoms with Crippen LogP contribution < -0.4 is 25.3 Å². The third kappa shape index (κ3) is 5.82. The van der Waals surface area contributed by atoms with Crippen LogP contribution >= 0.6 is 0 Å². The van der Waals surface area contributed by atoms with Gasteiger partial charge in [-0.25, -0.2) is 0 Å². The molecule has 1 amide bonds. The molecule has 11 heteroatoms. The lowest BCUT2D eigenvalue weighted by atomic mass is 10.1. The number of carbonyl (C=O) groups is 2. The van der Waals surface area contributed by atoms with Crippen LogP contribution in [0.5, 0.6) is 17.2 Å². The third-order valence-corrected chi connectivity index (χ3v) is 4.29. The molecule has 0 atom stereocenters. The molecular formula is C22H17F3NO7-. The maximum Gasteiger partial charge on any atom is 0.453 e. The summed E-state index contributed by atoms with van der Waals surface area (Å²) < 4.78 is 56.5. The zero-order valence-corrected chi connectivity index (χ0v) is 17.4. The van der Waals surface area contributed by atoms with Crippen LogP contribution in [0.15, 0.2) is 45.6 Å². The standard InChI is InChI=1S/C22H18F3NO7/c1-11-5-12(2)7-14(6-11)32-20-19(30)15-4-3-13(31-10-17(27)26-9-18(28)29)8-16(15)33-21(20)22(23,24)25/h3-8H,9-10H2,1-2H3,(H,26,27)(H,28,29)/p-1. The van der Waals surface area contributed by atoms with Crippen LogP contribution in [0.1, 0.15) is 16.9 Å². The number of halogens is 3. The quantitative estimate of drug-likeness (QED) is 0.571. The molecule has 1 heterocycles. The summed E-state index contributed by atoms with van der Waals surface area (Å²) in [5.74, 6) is -4.96. The van der Waals surface area contributed by atoms with E-state index in [1.807, 2.05) is 5.32 Å². The number of aliphatic carboxylic acids is 1. The van der Waals surface area contributed by atoms with E-state index in [1.54, 1.807) is 19.9 Å². The van der Waals surface area contributed by atoms with Crippen LogP contribution in [-0.4, -0.2) is 25.0 Å². The van der Waals surface area contributed by atoms with E-state index < -0.39 is 53.7 Å². The zero-order chi connectivity index (χ0) is 24.3. The fourth-order valence-electron chi connectivity index (χ4n) is 3.01. The first-order valence-electron chi connectivity index (χ1n) is 9.47. The molecule has 2 aromatic carbocycles. The SMILES string of the molecule is Cc1cc(C)cc(Oc2c(C(F)(F)F)oc3cc(OCC(=O)NCC(=O)[O-])ccc3c2=O)c1. The third-order valence-electron chi connectivity index (χ3n) is 4.29. The van der Waals surface area contributed by atoms with E-state index in [-0.39, 0.29) is 16.9 Å². The minimum atomic E-state index is -5.04. The van der Waals surface area contributed by atoms with E-state index in [1.165, 1.54) is 24.3 Å². The van der Waals surface area contributed by atoms with Crippen molar-refractivity contribution in [1.82, 2.24) is 5.32 Å². The fraction of sp³-hybridized carbons (Fsp3) is 0.227. The molecule has 0 spiro atoms. The molecule has 0 aliphatic carbocycles. The summed E-state index contributed by atoms with van der Waals surface area (Å²) in [7, 11) is 0. The van der Waals surface area contributed by atoms with Crippen LogP contribution in [-0.2, 0) is 15.8 Å². The molecule has 8 nitrogen and oxygen atoms in total. The van der Waals surface area contributed by atoms with E-state index in [0.717, 1.165) is 17.2 Å². The molecule has 1 aromatic heterocycles. The van der Waals surface area contributed by atoms with E-state index in [2.05, 4.69) is 0 Å². The molecule has 174 valence electrons. The number of nitrogens with one attached hydrogen (secondary N) is 1. The number of aryl methyl sites for hydroxylation is 2. The Hall–Kier alpha value is -4.02. The van der Waals surface area contributed by atoms with Crippen molar-refractivity contribution in [3.05, 3.63) is 63.5 Å². The van der Waals surface area contributed by atoms with Gasteiger partial charge in [-0.05, 0) is 49.2 Å². The highest BCUT2D eigenvalue weighted by molar-refractivity contribution is 5.82. The van der Waals surface area contributed by atoms with Gasteiger partial charge in [-0.2, -0.15) is 13.2 Å². The van der Waals surface area contributed by atoms with Crippen LogP contribution in [0.25, 0.3) is 11.0 Å². The van der Waals surface area contributed by atoms with Crippen molar-refractivity contribution >= 4 is 22.8 Å². The number of carbonyl (C=O) groups excluding carboxylic acids is 2. The largest absolute Gasteiger partial charge is 0.548 e. The van der Waals surface area contributed by atoms with E-state index in [0.29, 0.717) is 0 Å². The lowest BCUT2D eigenvalue weighted by Gasteiger charge is -2.14. The summed E-state index contributed by atoms with van der Waals surface area (Å²) >= 11 is 0. The van der Waals surface area contributed by atoms with E-state index >= 15 is 0 Å².